The first-order valence-corrected chi connectivity index (χ1v) is 11.2. The summed E-state index contributed by atoms with van der Waals surface area (Å²) < 4.78 is 0. The summed E-state index contributed by atoms with van der Waals surface area (Å²) in [6.45, 7) is 4.22. The normalized spacial score (nSPS) is 10.6. The largest absolute Gasteiger partial charge is 0.332 e. The Bertz CT molecular complexity index is 577. The number of carbonyl (C=O) groups excluding carboxylic acids is 1. The summed E-state index contributed by atoms with van der Waals surface area (Å²) in [6.07, 6.45) is 14.6. The molecular formula is C22H35ClN2OS. The monoisotopic (exact) mass is 410 g/mol. The van der Waals surface area contributed by atoms with E-state index < -0.39 is 0 Å². The van der Waals surface area contributed by atoms with Gasteiger partial charge < -0.3 is 10.6 Å². The summed E-state index contributed by atoms with van der Waals surface area (Å²) >= 11 is 11.2. The summed E-state index contributed by atoms with van der Waals surface area (Å²) in [5.74, 6) is -0.0249. The summed E-state index contributed by atoms with van der Waals surface area (Å²) in [7, 11) is 0. The molecule has 0 unspecified atom stereocenters. The third kappa shape index (κ3) is 12.0. The van der Waals surface area contributed by atoms with Crippen molar-refractivity contribution in [3.8, 4) is 0 Å². The fourth-order valence-electron chi connectivity index (χ4n) is 3.02. The summed E-state index contributed by atoms with van der Waals surface area (Å²) in [5, 5.41) is 6.75. The molecule has 0 aliphatic rings. The first-order valence-electron chi connectivity index (χ1n) is 10.4. The van der Waals surface area contributed by atoms with Crippen molar-refractivity contribution in [2.24, 2.45) is 0 Å². The average molecular weight is 411 g/mol. The van der Waals surface area contributed by atoms with Crippen molar-refractivity contribution in [3.63, 3.8) is 0 Å². The molecule has 1 aromatic carbocycles. The predicted molar refractivity (Wildman–Crippen MR) is 122 cm³/mol. The maximum Gasteiger partial charge on any atom is 0.226 e. The van der Waals surface area contributed by atoms with Gasteiger partial charge in [-0.1, -0.05) is 88.8 Å². The van der Waals surface area contributed by atoms with Gasteiger partial charge in [0.2, 0.25) is 5.91 Å². The highest BCUT2D eigenvalue weighted by atomic mass is 35.5. The number of rotatable bonds is 13. The maximum absolute atomic E-state index is 12.0. The average Bonchev–Trinajstić information content (AvgIpc) is 2.62. The second kappa shape index (κ2) is 14.9. The van der Waals surface area contributed by atoms with Crippen molar-refractivity contribution in [2.75, 3.05) is 5.32 Å². The smallest absolute Gasteiger partial charge is 0.226 e. The maximum atomic E-state index is 12.0. The molecule has 1 aromatic rings. The number of amides is 1. The second-order valence-electron chi connectivity index (χ2n) is 7.25. The number of hydrogen-bond donors (Lipinski definition) is 2. The van der Waals surface area contributed by atoms with E-state index in [2.05, 4.69) is 17.6 Å². The number of halogens is 1. The molecule has 0 atom stereocenters. The third-order valence-electron chi connectivity index (χ3n) is 4.71. The summed E-state index contributed by atoms with van der Waals surface area (Å²) in [5.41, 5.74) is 1.85. The number of hydrogen-bond acceptors (Lipinski definition) is 2. The Hall–Kier alpha value is -1.13. The Morgan fingerprint density at radius 1 is 0.963 bits per heavy atom. The minimum Gasteiger partial charge on any atom is -0.332 e. The van der Waals surface area contributed by atoms with Gasteiger partial charge in [-0.25, -0.2) is 0 Å². The van der Waals surface area contributed by atoms with E-state index in [1.165, 1.54) is 57.8 Å². The van der Waals surface area contributed by atoms with E-state index in [4.69, 9.17) is 23.8 Å². The third-order valence-corrected chi connectivity index (χ3v) is 5.15. The van der Waals surface area contributed by atoms with Gasteiger partial charge >= 0.3 is 0 Å². The quantitative estimate of drug-likeness (QED) is 0.267. The lowest BCUT2D eigenvalue weighted by Crippen LogP contribution is -2.34. The van der Waals surface area contributed by atoms with Gasteiger partial charge in [0.25, 0.3) is 0 Å². The molecular weight excluding hydrogens is 376 g/mol. The van der Waals surface area contributed by atoms with Crippen LogP contribution in [0.5, 0.6) is 0 Å². The molecule has 27 heavy (non-hydrogen) atoms. The van der Waals surface area contributed by atoms with Crippen LogP contribution in [0.1, 0.15) is 89.5 Å². The van der Waals surface area contributed by atoms with Crippen molar-refractivity contribution in [2.45, 2.75) is 90.9 Å². The molecule has 152 valence electrons. The Kier molecular flexibility index (Phi) is 13.2. The lowest BCUT2D eigenvalue weighted by Gasteiger charge is -2.12. The second-order valence-corrected chi connectivity index (χ2v) is 8.09. The summed E-state index contributed by atoms with van der Waals surface area (Å²) in [6, 6.07) is 5.55. The van der Waals surface area contributed by atoms with Crippen LogP contribution in [0, 0.1) is 6.92 Å². The standard InChI is InChI=1S/C22H35ClN2OS/c1-3-4-5-6-7-8-9-10-11-12-13-14-21(26)25-22(27)24-20-17-19(23)16-15-18(20)2/h15-17H,3-14H2,1-2H3,(H2,24,25,26,27). The molecule has 0 fully saturated rings. The van der Waals surface area contributed by atoms with Crippen LogP contribution in [0.3, 0.4) is 0 Å². The Morgan fingerprint density at radius 2 is 1.52 bits per heavy atom. The fourth-order valence-corrected chi connectivity index (χ4v) is 3.42. The van der Waals surface area contributed by atoms with Gasteiger partial charge in [-0.3, -0.25) is 4.79 Å². The minimum atomic E-state index is -0.0249. The van der Waals surface area contributed by atoms with E-state index >= 15 is 0 Å². The summed E-state index contributed by atoms with van der Waals surface area (Å²) in [4.78, 5) is 12.0. The fraction of sp³-hybridized carbons (Fsp3) is 0.636. The molecule has 0 aliphatic heterocycles. The van der Waals surface area contributed by atoms with Crippen molar-refractivity contribution in [3.05, 3.63) is 28.8 Å². The van der Waals surface area contributed by atoms with E-state index in [0.29, 0.717) is 16.6 Å². The molecule has 0 saturated carbocycles. The number of unbranched alkanes of at least 4 members (excludes halogenated alkanes) is 10. The van der Waals surface area contributed by atoms with Crippen LogP contribution < -0.4 is 10.6 Å². The van der Waals surface area contributed by atoms with E-state index in [0.717, 1.165) is 24.1 Å². The van der Waals surface area contributed by atoms with Gasteiger partial charge in [0.05, 0.1) is 0 Å². The number of benzene rings is 1. The molecule has 0 aliphatic carbocycles. The highest BCUT2D eigenvalue weighted by molar-refractivity contribution is 7.80. The van der Waals surface area contributed by atoms with Crippen molar-refractivity contribution in [1.82, 2.24) is 5.32 Å². The lowest BCUT2D eigenvalue weighted by atomic mass is 10.1. The molecule has 0 aromatic heterocycles. The number of nitrogens with one attached hydrogen (secondary N) is 2. The zero-order valence-corrected chi connectivity index (χ0v) is 18.5. The molecule has 0 radical (unpaired) electrons. The first kappa shape index (κ1) is 23.9. The molecule has 5 heteroatoms. The van der Waals surface area contributed by atoms with Crippen LogP contribution >= 0.6 is 23.8 Å². The van der Waals surface area contributed by atoms with Crippen LogP contribution in [0.15, 0.2) is 18.2 Å². The van der Waals surface area contributed by atoms with Crippen LogP contribution in [0.4, 0.5) is 5.69 Å². The minimum absolute atomic E-state index is 0.0249. The van der Waals surface area contributed by atoms with E-state index in [1.54, 1.807) is 6.07 Å². The zero-order chi connectivity index (χ0) is 19.9. The molecule has 3 nitrogen and oxygen atoms in total. The highest BCUT2D eigenvalue weighted by Crippen LogP contribution is 2.20. The zero-order valence-electron chi connectivity index (χ0n) is 16.9. The van der Waals surface area contributed by atoms with E-state index in [1.807, 2.05) is 19.1 Å². The molecule has 0 spiro atoms. The van der Waals surface area contributed by atoms with E-state index in [9.17, 15) is 4.79 Å². The van der Waals surface area contributed by atoms with Crippen LogP contribution in [0.25, 0.3) is 0 Å². The topological polar surface area (TPSA) is 41.1 Å². The number of aryl methyl sites for hydroxylation is 1. The molecule has 0 bridgehead atoms. The van der Waals surface area contributed by atoms with E-state index in [-0.39, 0.29) is 5.91 Å². The van der Waals surface area contributed by atoms with Crippen LogP contribution in [-0.4, -0.2) is 11.0 Å². The van der Waals surface area contributed by atoms with Gasteiger partial charge in [-0.2, -0.15) is 0 Å². The lowest BCUT2D eigenvalue weighted by molar-refractivity contribution is -0.119. The van der Waals surface area contributed by atoms with Gasteiger partial charge in [0.15, 0.2) is 5.11 Å². The van der Waals surface area contributed by atoms with Gasteiger partial charge in [-0.15, -0.1) is 0 Å². The number of carbonyl (C=O) groups is 1. The van der Waals surface area contributed by atoms with Gasteiger partial charge in [0.1, 0.15) is 0 Å². The molecule has 1 amide bonds. The Balaban J connectivity index is 2.04. The first-order chi connectivity index (χ1) is 13.0. The SMILES string of the molecule is CCCCCCCCCCCCCC(=O)NC(=S)Nc1cc(Cl)ccc1C. The van der Waals surface area contributed by atoms with Gasteiger partial charge in [0, 0.05) is 17.1 Å². The Labute approximate surface area is 175 Å². The molecule has 0 saturated heterocycles. The molecule has 2 N–H and O–H groups in total. The van der Waals surface area contributed by atoms with Crippen molar-refractivity contribution >= 4 is 40.5 Å². The Morgan fingerprint density at radius 3 is 2.11 bits per heavy atom. The van der Waals surface area contributed by atoms with Crippen LogP contribution in [0.2, 0.25) is 5.02 Å². The predicted octanol–water partition coefficient (Wildman–Crippen LogP) is 7.16. The number of thiocarbonyl (C=S) groups is 1. The number of anilines is 1. The molecule has 1 rings (SSSR count). The highest BCUT2D eigenvalue weighted by Gasteiger charge is 2.06. The van der Waals surface area contributed by atoms with Crippen molar-refractivity contribution < 1.29 is 4.79 Å². The van der Waals surface area contributed by atoms with Gasteiger partial charge in [-0.05, 0) is 43.3 Å². The van der Waals surface area contributed by atoms with Crippen LogP contribution in [-0.2, 0) is 4.79 Å². The molecule has 0 heterocycles. The van der Waals surface area contributed by atoms with Crippen molar-refractivity contribution in [1.29, 1.82) is 0 Å².